The number of hydrogen-bond acceptors (Lipinski definition) is 6. The number of urea groups is 1. The fourth-order valence-corrected chi connectivity index (χ4v) is 6.21. The molecule has 34 heavy (non-hydrogen) atoms. The van der Waals surface area contributed by atoms with Gasteiger partial charge in [-0.25, -0.2) is 9.78 Å². The molecule has 7 nitrogen and oxygen atoms in total. The van der Waals surface area contributed by atoms with Crippen LogP contribution < -0.4 is 10.1 Å². The Morgan fingerprint density at radius 3 is 2.65 bits per heavy atom. The molecule has 1 aliphatic carbocycles. The predicted octanol–water partition coefficient (Wildman–Crippen LogP) is 5.19. The molecule has 1 aromatic carbocycles. The van der Waals surface area contributed by atoms with Crippen molar-refractivity contribution in [1.82, 2.24) is 14.8 Å². The van der Waals surface area contributed by atoms with Crippen LogP contribution in [0, 0.1) is 0 Å². The van der Waals surface area contributed by atoms with Crippen LogP contribution in [-0.4, -0.2) is 72.9 Å². The van der Waals surface area contributed by atoms with E-state index in [0.29, 0.717) is 23.7 Å². The van der Waals surface area contributed by atoms with Gasteiger partial charge >= 0.3 is 6.03 Å². The molecule has 3 heterocycles. The van der Waals surface area contributed by atoms with E-state index in [4.69, 9.17) is 14.5 Å². The Kier molecular flexibility index (Phi) is 7.67. The number of carbonyl (C=O) groups excluding carboxylic acids is 1. The third kappa shape index (κ3) is 5.39. The molecule has 1 saturated carbocycles. The predicted molar refractivity (Wildman–Crippen MR) is 136 cm³/mol. The zero-order valence-electron chi connectivity index (χ0n) is 20.1. The number of piperazine rings is 1. The summed E-state index contributed by atoms with van der Waals surface area (Å²) >= 11 is 1.48. The zero-order valence-corrected chi connectivity index (χ0v) is 20.9. The molecule has 0 atom stereocenters. The Morgan fingerprint density at radius 1 is 1.15 bits per heavy atom. The fourth-order valence-electron chi connectivity index (χ4n) is 5.51. The second-order valence-electron chi connectivity index (χ2n) is 9.50. The molecule has 0 bridgehead atoms. The summed E-state index contributed by atoms with van der Waals surface area (Å²) in [7, 11) is 0. The quantitative estimate of drug-likeness (QED) is 0.611. The lowest BCUT2D eigenvalue weighted by Crippen LogP contribution is -2.53. The summed E-state index contributed by atoms with van der Waals surface area (Å²) in [5.74, 6) is 1.49. The van der Waals surface area contributed by atoms with Crippen LogP contribution in [0.2, 0.25) is 0 Å². The number of rotatable bonds is 6. The molecule has 184 valence electrons. The summed E-state index contributed by atoms with van der Waals surface area (Å²) in [6.45, 7) is 7.67. The van der Waals surface area contributed by atoms with Crippen LogP contribution in [0.15, 0.2) is 23.6 Å². The van der Waals surface area contributed by atoms with Gasteiger partial charge < -0.3 is 14.4 Å². The van der Waals surface area contributed by atoms with Crippen molar-refractivity contribution in [2.75, 3.05) is 51.3 Å². The van der Waals surface area contributed by atoms with E-state index in [-0.39, 0.29) is 6.03 Å². The number of anilines is 1. The number of ether oxygens (including phenoxy) is 2. The van der Waals surface area contributed by atoms with Gasteiger partial charge in [-0.05, 0) is 56.2 Å². The van der Waals surface area contributed by atoms with Crippen molar-refractivity contribution in [3.8, 4) is 17.0 Å². The summed E-state index contributed by atoms with van der Waals surface area (Å²) in [5, 5.41) is 5.69. The van der Waals surface area contributed by atoms with Gasteiger partial charge in [0.1, 0.15) is 5.75 Å². The van der Waals surface area contributed by atoms with Gasteiger partial charge in [0.15, 0.2) is 5.13 Å². The molecule has 5 rings (SSSR count). The monoisotopic (exact) mass is 484 g/mol. The number of amides is 2. The molecule has 2 aromatic rings. The van der Waals surface area contributed by atoms with Crippen LogP contribution >= 0.6 is 11.3 Å². The zero-order chi connectivity index (χ0) is 23.3. The van der Waals surface area contributed by atoms with Crippen LogP contribution in [-0.2, 0) is 4.74 Å². The minimum Gasteiger partial charge on any atom is -0.493 e. The van der Waals surface area contributed by atoms with Crippen molar-refractivity contribution in [1.29, 1.82) is 0 Å². The van der Waals surface area contributed by atoms with Crippen LogP contribution in [0.25, 0.3) is 11.3 Å². The molecule has 1 aromatic heterocycles. The van der Waals surface area contributed by atoms with Crippen molar-refractivity contribution in [2.24, 2.45) is 0 Å². The number of thiazole rings is 1. The van der Waals surface area contributed by atoms with Gasteiger partial charge in [0.25, 0.3) is 0 Å². The highest BCUT2D eigenvalue weighted by Crippen LogP contribution is 2.39. The van der Waals surface area contributed by atoms with Crippen LogP contribution in [0.1, 0.15) is 56.9 Å². The van der Waals surface area contributed by atoms with E-state index in [1.54, 1.807) is 0 Å². The summed E-state index contributed by atoms with van der Waals surface area (Å²) in [6.07, 6.45) is 7.33. The SMILES string of the molecule is CCOc1ccc(C2CCCC2)cc1-c1csc(NC(=O)N2CCN(C3CCOCC3)CC2)n1. The lowest BCUT2D eigenvalue weighted by Gasteiger charge is -2.40. The van der Waals surface area contributed by atoms with Gasteiger partial charge in [-0.3, -0.25) is 10.2 Å². The second-order valence-corrected chi connectivity index (χ2v) is 10.4. The third-order valence-electron chi connectivity index (χ3n) is 7.43. The summed E-state index contributed by atoms with van der Waals surface area (Å²) in [5.41, 5.74) is 3.26. The minimum absolute atomic E-state index is 0.0581. The maximum atomic E-state index is 12.9. The van der Waals surface area contributed by atoms with Crippen LogP contribution in [0.4, 0.5) is 9.93 Å². The molecule has 0 spiro atoms. The fraction of sp³-hybridized carbons (Fsp3) is 0.615. The third-order valence-corrected chi connectivity index (χ3v) is 8.19. The molecule has 1 N–H and O–H groups in total. The molecule has 3 aliphatic rings. The molecular formula is C26H36N4O3S. The summed E-state index contributed by atoms with van der Waals surface area (Å²) in [4.78, 5) is 22.1. The topological polar surface area (TPSA) is 66.9 Å². The number of benzene rings is 1. The standard InChI is InChI=1S/C26H36N4O3S/c1-2-33-24-8-7-20(19-5-3-4-6-19)17-22(24)23-18-34-25(27-23)28-26(31)30-13-11-29(12-14-30)21-9-15-32-16-10-21/h7-8,17-19,21H,2-6,9-16H2,1H3,(H,27,28,31). The van der Waals surface area contributed by atoms with E-state index in [1.807, 2.05) is 17.2 Å². The maximum absolute atomic E-state index is 12.9. The first-order valence-electron chi connectivity index (χ1n) is 12.8. The van der Waals surface area contributed by atoms with Gasteiger partial charge in [0, 0.05) is 56.4 Å². The Balaban J connectivity index is 1.22. The van der Waals surface area contributed by atoms with Gasteiger partial charge in [-0.2, -0.15) is 0 Å². The first-order valence-corrected chi connectivity index (χ1v) is 13.7. The number of carbonyl (C=O) groups is 1. The number of hydrogen-bond donors (Lipinski definition) is 1. The van der Waals surface area contributed by atoms with Crippen molar-refractivity contribution in [3.05, 3.63) is 29.1 Å². The Bertz CT molecular complexity index is 961. The maximum Gasteiger partial charge on any atom is 0.323 e. The van der Waals surface area contributed by atoms with Gasteiger partial charge in [0.2, 0.25) is 0 Å². The Labute approximate surface area is 206 Å². The molecule has 2 amide bonds. The van der Waals surface area contributed by atoms with E-state index >= 15 is 0 Å². The van der Waals surface area contributed by atoms with E-state index < -0.39 is 0 Å². The minimum atomic E-state index is -0.0581. The second kappa shape index (κ2) is 11.1. The van der Waals surface area contributed by atoms with Crippen LogP contribution in [0.3, 0.4) is 0 Å². The normalized spacial score (nSPS) is 20.6. The smallest absolute Gasteiger partial charge is 0.323 e. The highest BCUT2D eigenvalue weighted by molar-refractivity contribution is 7.14. The van der Waals surface area contributed by atoms with E-state index in [9.17, 15) is 4.79 Å². The largest absolute Gasteiger partial charge is 0.493 e. The molecule has 3 fully saturated rings. The van der Waals surface area contributed by atoms with E-state index in [0.717, 1.165) is 69.2 Å². The van der Waals surface area contributed by atoms with Crippen molar-refractivity contribution in [2.45, 2.75) is 57.4 Å². The summed E-state index contributed by atoms with van der Waals surface area (Å²) < 4.78 is 11.4. The first-order chi connectivity index (χ1) is 16.7. The first kappa shape index (κ1) is 23.6. The lowest BCUT2D eigenvalue weighted by molar-refractivity contribution is 0.0194. The summed E-state index contributed by atoms with van der Waals surface area (Å²) in [6, 6.07) is 7.08. The molecule has 0 radical (unpaired) electrons. The highest BCUT2D eigenvalue weighted by Gasteiger charge is 2.28. The van der Waals surface area contributed by atoms with Crippen LogP contribution in [0.5, 0.6) is 5.75 Å². The van der Waals surface area contributed by atoms with Gasteiger partial charge in [0.05, 0.1) is 12.3 Å². The highest BCUT2D eigenvalue weighted by atomic mass is 32.1. The van der Waals surface area contributed by atoms with E-state index in [2.05, 4.69) is 28.4 Å². The Hall–Kier alpha value is -2.16. The average Bonchev–Trinajstić information content (AvgIpc) is 3.58. The molecule has 0 unspecified atom stereocenters. The molecular weight excluding hydrogens is 448 g/mol. The number of nitrogens with zero attached hydrogens (tertiary/aromatic N) is 3. The molecule has 2 saturated heterocycles. The number of nitrogens with one attached hydrogen (secondary N) is 1. The molecule has 2 aliphatic heterocycles. The van der Waals surface area contributed by atoms with Gasteiger partial charge in [-0.1, -0.05) is 18.9 Å². The lowest BCUT2D eigenvalue weighted by atomic mass is 9.95. The van der Waals surface area contributed by atoms with E-state index in [1.165, 1.54) is 42.6 Å². The molecule has 8 heteroatoms. The van der Waals surface area contributed by atoms with Crippen molar-refractivity contribution >= 4 is 22.5 Å². The Morgan fingerprint density at radius 2 is 1.91 bits per heavy atom. The van der Waals surface area contributed by atoms with Crippen molar-refractivity contribution in [3.63, 3.8) is 0 Å². The number of aromatic nitrogens is 1. The van der Waals surface area contributed by atoms with Gasteiger partial charge in [-0.15, -0.1) is 11.3 Å². The van der Waals surface area contributed by atoms with Crippen molar-refractivity contribution < 1.29 is 14.3 Å². The average molecular weight is 485 g/mol.